The molecule has 0 saturated carbocycles. The smallest absolute Gasteiger partial charge is 0.335 e. The SMILES string of the molecule is CC(=O)N1C[C@H]2CN(Cc3cccc(C(F)(F)F)c3)C[C@H]2[C@@H]1c1cccc(F)c1. The van der Waals surface area contributed by atoms with Crippen LogP contribution in [-0.4, -0.2) is 35.3 Å². The Morgan fingerprint density at radius 1 is 1.07 bits per heavy atom. The van der Waals surface area contributed by atoms with Gasteiger partial charge in [-0.15, -0.1) is 0 Å². The molecule has 154 valence electrons. The highest BCUT2D eigenvalue weighted by atomic mass is 19.4. The molecule has 2 aliphatic heterocycles. The summed E-state index contributed by atoms with van der Waals surface area (Å²) in [6.07, 6.45) is -4.36. The molecular weight excluding hydrogens is 384 g/mol. The van der Waals surface area contributed by atoms with Gasteiger partial charge in [0.2, 0.25) is 5.91 Å². The maximum atomic E-state index is 13.8. The lowest BCUT2D eigenvalue weighted by Crippen LogP contribution is -2.34. The summed E-state index contributed by atoms with van der Waals surface area (Å²) in [5.41, 5.74) is 0.744. The Bertz CT molecular complexity index is 914. The molecule has 0 spiro atoms. The van der Waals surface area contributed by atoms with E-state index >= 15 is 0 Å². The van der Waals surface area contributed by atoms with Gasteiger partial charge in [0, 0.05) is 39.0 Å². The number of hydrogen-bond donors (Lipinski definition) is 0. The monoisotopic (exact) mass is 406 g/mol. The molecule has 7 heteroatoms. The van der Waals surface area contributed by atoms with Crippen molar-refractivity contribution in [3.8, 4) is 0 Å². The molecule has 0 unspecified atom stereocenters. The number of alkyl halides is 3. The Morgan fingerprint density at radius 2 is 1.83 bits per heavy atom. The molecule has 1 amide bonds. The Morgan fingerprint density at radius 3 is 2.52 bits per heavy atom. The summed E-state index contributed by atoms with van der Waals surface area (Å²) in [6, 6.07) is 11.5. The van der Waals surface area contributed by atoms with Crippen molar-refractivity contribution >= 4 is 5.91 Å². The highest BCUT2D eigenvalue weighted by molar-refractivity contribution is 5.74. The van der Waals surface area contributed by atoms with Crippen LogP contribution in [-0.2, 0) is 17.5 Å². The summed E-state index contributed by atoms with van der Waals surface area (Å²) < 4.78 is 52.7. The van der Waals surface area contributed by atoms with Crippen molar-refractivity contribution in [3.05, 3.63) is 71.0 Å². The summed E-state index contributed by atoms with van der Waals surface area (Å²) in [5.74, 6) is -0.0316. The summed E-state index contributed by atoms with van der Waals surface area (Å²) in [4.78, 5) is 16.1. The van der Waals surface area contributed by atoms with E-state index in [-0.39, 0.29) is 29.6 Å². The van der Waals surface area contributed by atoms with Crippen LogP contribution in [0.3, 0.4) is 0 Å². The van der Waals surface area contributed by atoms with E-state index in [4.69, 9.17) is 0 Å². The van der Waals surface area contributed by atoms with E-state index in [2.05, 4.69) is 4.90 Å². The fraction of sp³-hybridized carbons (Fsp3) is 0.409. The van der Waals surface area contributed by atoms with Crippen molar-refractivity contribution in [2.24, 2.45) is 11.8 Å². The fourth-order valence-electron chi connectivity index (χ4n) is 4.81. The van der Waals surface area contributed by atoms with Crippen LogP contribution in [0.5, 0.6) is 0 Å². The number of benzene rings is 2. The Kier molecular flexibility index (Phi) is 5.11. The molecule has 0 bridgehead atoms. The van der Waals surface area contributed by atoms with Gasteiger partial charge in [0.15, 0.2) is 0 Å². The number of nitrogens with zero attached hydrogens (tertiary/aromatic N) is 2. The summed E-state index contributed by atoms with van der Waals surface area (Å²) in [7, 11) is 0. The number of halogens is 4. The van der Waals surface area contributed by atoms with Gasteiger partial charge in [-0.3, -0.25) is 9.69 Å². The van der Waals surface area contributed by atoms with Gasteiger partial charge in [0.25, 0.3) is 0 Å². The Hall–Kier alpha value is -2.41. The molecule has 4 rings (SSSR count). The number of fused-ring (bicyclic) bond motifs is 1. The van der Waals surface area contributed by atoms with E-state index in [0.29, 0.717) is 31.7 Å². The van der Waals surface area contributed by atoms with Crippen molar-refractivity contribution in [1.29, 1.82) is 0 Å². The van der Waals surface area contributed by atoms with Gasteiger partial charge in [-0.25, -0.2) is 4.39 Å². The van der Waals surface area contributed by atoms with E-state index in [9.17, 15) is 22.4 Å². The van der Waals surface area contributed by atoms with Crippen molar-refractivity contribution in [2.75, 3.05) is 19.6 Å². The van der Waals surface area contributed by atoms with Crippen LogP contribution in [0.4, 0.5) is 17.6 Å². The molecule has 2 aromatic rings. The highest BCUT2D eigenvalue weighted by Gasteiger charge is 2.48. The quantitative estimate of drug-likeness (QED) is 0.701. The van der Waals surface area contributed by atoms with Crippen molar-refractivity contribution in [1.82, 2.24) is 9.80 Å². The number of carbonyl (C=O) groups excluding carboxylic acids is 1. The summed E-state index contributed by atoms with van der Waals surface area (Å²) >= 11 is 0. The van der Waals surface area contributed by atoms with Crippen LogP contribution in [0.1, 0.15) is 29.7 Å². The lowest BCUT2D eigenvalue weighted by Gasteiger charge is -2.29. The van der Waals surface area contributed by atoms with Crippen LogP contribution in [0, 0.1) is 17.7 Å². The van der Waals surface area contributed by atoms with Gasteiger partial charge in [0.1, 0.15) is 5.82 Å². The minimum atomic E-state index is -4.36. The molecule has 0 aromatic heterocycles. The third-order valence-electron chi connectivity index (χ3n) is 5.99. The van der Waals surface area contributed by atoms with Crippen LogP contribution in [0.25, 0.3) is 0 Å². The molecule has 2 saturated heterocycles. The normalized spacial score (nSPS) is 24.7. The number of likely N-dealkylation sites (tertiary alicyclic amines) is 2. The molecule has 2 aliphatic rings. The zero-order chi connectivity index (χ0) is 20.8. The topological polar surface area (TPSA) is 23.6 Å². The average molecular weight is 406 g/mol. The minimum absolute atomic E-state index is 0.0434. The van der Waals surface area contributed by atoms with Gasteiger partial charge in [-0.05, 0) is 35.2 Å². The standard InChI is InChI=1S/C22H22F4N2O/c1-14(29)28-12-17-11-27(10-15-4-2-6-18(8-15)22(24,25)26)13-20(17)21(28)16-5-3-7-19(23)9-16/h2-9,17,20-21H,10-13H2,1H3/t17-,20-,21+/m1/s1. The molecule has 3 nitrogen and oxygen atoms in total. The number of hydrogen-bond acceptors (Lipinski definition) is 2. The predicted octanol–water partition coefficient (Wildman–Crippen LogP) is 4.50. The average Bonchev–Trinajstić information content (AvgIpc) is 3.18. The molecule has 0 radical (unpaired) electrons. The van der Waals surface area contributed by atoms with Crippen LogP contribution in [0.15, 0.2) is 48.5 Å². The molecule has 0 aliphatic carbocycles. The summed E-state index contributed by atoms with van der Waals surface area (Å²) in [6.45, 7) is 3.89. The Labute approximate surface area is 166 Å². The number of carbonyl (C=O) groups is 1. The number of amides is 1. The molecule has 2 aromatic carbocycles. The Balaban J connectivity index is 1.53. The lowest BCUT2D eigenvalue weighted by atomic mass is 9.89. The van der Waals surface area contributed by atoms with E-state index in [1.54, 1.807) is 17.0 Å². The van der Waals surface area contributed by atoms with Crippen LogP contribution >= 0.6 is 0 Å². The molecule has 0 N–H and O–H groups in total. The van der Waals surface area contributed by atoms with Crippen molar-refractivity contribution < 1.29 is 22.4 Å². The zero-order valence-electron chi connectivity index (χ0n) is 16.0. The van der Waals surface area contributed by atoms with Crippen molar-refractivity contribution in [3.63, 3.8) is 0 Å². The molecule has 2 heterocycles. The van der Waals surface area contributed by atoms with Gasteiger partial charge in [0.05, 0.1) is 11.6 Å². The van der Waals surface area contributed by atoms with E-state index in [0.717, 1.165) is 11.6 Å². The number of rotatable bonds is 3. The molecule has 29 heavy (non-hydrogen) atoms. The van der Waals surface area contributed by atoms with E-state index in [1.165, 1.54) is 31.2 Å². The third kappa shape index (κ3) is 4.01. The largest absolute Gasteiger partial charge is 0.416 e. The molecule has 3 atom stereocenters. The van der Waals surface area contributed by atoms with Gasteiger partial charge in [-0.1, -0.05) is 30.3 Å². The fourth-order valence-corrected chi connectivity index (χ4v) is 4.81. The third-order valence-corrected chi connectivity index (χ3v) is 5.99. The van der Waals surface area contributed by atoms with Crippen LogP contribution < -0.4 is 0 Å². The minimum Gasteiger partial charge on any atom is -0.335 e. The van der Waals surface area contributed by atoms with E-state index < -0.39 is 11.7 Å². The second-order valence-corrected chi connectivity index (χ2v) is 7.99. The molecular formula is C22H22F4N2O. The first-order chi connectivity index (χ1) is 13.7. The van der Waals surface area contributed by atoms with E-state index in [1.807, 2.05) is 6.07 Å². The van der Waals surface area contributed by atoms with Crippen molar-refractivity contribution in [2.45, 2.75) is 25.7 Å². The maximum Gasteiger partial charge on any atom is 0.416 e. The maximum absolute atomic E-state index is 13.8. The first kappa shape index (κ1) is 19.9. The summed E-state index contributed by atoms with van der Waals surface area (Å²) in [5, 5.41) is 0. The second kappa shape index (κ2) is 7.44. The predicted molar refractivity (Wildman–Crippen MR) is 100 cm³/mol. The van der Waals surface area contributed by atoms with Crippen LogP contribution in [0.2, 0.25) is 0 Å². The highest BCUT2D eigenvalue weighted by Crippen LogP contribution is 2.45. The zero-order valence-corrected chi connectivity index (χ0v) is 16.0. The van der Waals surface area contributed by atoms with Gasteiger partial charge < -0.3 is 4.90 Å². The van der Waals surface area contributed by atoms with Gasteiger partial charge in [-0.2, -0.15) is 13.2 Å². The lowest BCUT2D eigenvalue weighted by molar-refractivity contribution is -0.137. The first-order valence-corrected chi connectivity index (χ1v) is 9.63. The molecule has 2 fully saturated rings. The van der Waals surface area contributed by atoms with Gasteiger partial charge >= 0.3 is 6.18 Å². The second-order valence-electron chi connectivity index (χ2n) is 7.99. The first-order valence-electron chi connectivity index (χ1n) is 9.63.